The molecule has 1 aliphatic rings. The van der Waals surface area contributed by atoms with Crippen molar-refractivity contribution in [2.75, 3.05) is 7.11 Å². The van der Waals surface area contributed by atoms with Gasteiger partial charge in [0.05, 0.1) is 21.5 Å². The second-order valence-electron chi connectivity index (χ2n) is 5.29. The third kappa shape index (κ3) is 3.31. The molecular formula is C15H18Br2N2O2. The average Bonchev–Trinajstić information content (AvgIpc) is 3.00. The lowest BCUT2D eigenvalue weighted by Gasteiger charge is -2.11. The zero-order valence-corrected chi connectivity index (χ0v) is 15.4. The predicted octanol–water partition coefficient (Wildman–Crippen LogP) is 3.82. The van der Waals surface area contributed by atoms with Crippen LogP contribution in [-0.2, 0) is 4.79 Å². The lowest BCUT2D eigenvalue weighted by molar-refractivity contribution is -0.125. The first-order valence-corrected chi connectivity index (χ1v) is 8.32. The molecule has 0 radical (unpaired) electrons. The number of halogens is 2. The fourth-order valence-corrected chi connectivity index (χ4v) is 3.50. The van der Waals surface area contributed by atoms with E-state index in [-0.39, 0.29) is 9.14 Å². The molecule has 6 heteroatoms. The number of nitrogens with one attached hydrogen (secondary N) is 1. The van der Waals surface area contributed by atoms with Crippen LogP contribution < -0.4 is 10.2 Å². The molecule has 4 nitrogen and oxygen atoms in total. The van der Waals surface area contributed by atoms with Gasteiger partial charge in [0.2, 0.25) is 5.91 Å². The Kier molecular flexibility index (Phi) is 4.78. The van der Waals surface area contributed by atoms with E-state index in [1.54, 1.807) is 7.11 Å². The molecule has 1 amide bonds. The Hall–Kier alpha value is -0.880. The molecule has 1 atom stereocenters. The maximum Gasteiger partial charge on any atom is 0.248 e. The molecule has 1 saturated carbocycles. The summed E-state index contributed by atoms with van der Waals surface area (Å²) in [5.41, 5.74) is 4.03. The highest BCUT2D eigenvalue weighted by atomic mass is 79.9. The predicted molar refractivity (Wildman–Crippen MR) is 91.3 cm³/mol. The molecule has 0 aromatic heterocycles. The number of carbonyl (C=O) groups is 1. The second-order valence-corrected chi connectivity index (χ2v) is 9.07. The molecule has 1 aromatic carbocycles. The van der Waals surface area contributed by atoms with Gasteiger partial charge in [0.25, 0.3) is 0 Å². The van der Waals surface area contributed by atoms with Crippen LogP contribution in [0.2, 0.25) is 0 Å². The Morgan fingerprint density at radius 3 is 2.38 bits per heavy atom. The maximum absolute atomic E-state index is 12.2. The highest BCUT2D eigenvalue weighted by molar-refractivity contribution is 9.25. The topological polar surface area (TPSA) is 50.7 Å². The smallest absolute Gasteiger partial charge is 0.248 e. The molecule has 1 aromatic rings. The second kappa shape index (κ2) is 6.08. The third-order valence-electron chi connectivity index (χ3n) is 3.81. The van der Waals surface area contributed by atoms with Crippen molar-refractivity contribution in [3.63, 3.8) is 0 Å². The van der Waals surface area contributed by atoms with Crippen molar-refractivity contribution in [3.05, 3.63) is 29.8 Å². The Morgan fingerprint density at radius 1 is 1.38 bits per heavy atom. The summed E-state index contributed by atoms with van der Waals surface area (Å²) < 4.78 is 4.83. The van der Waals surface area contributed by atoms with Gasteiger partial charge in [0, 0.05) is 0 Å². The molecule has 0 spiro atoms. The summed E-state index contributed by atoms with van der Waals surface area (Å²) in [4.78, 5) is 12.2. The van der Waals surface area contributed by atoms with Crippen LogP contribution >= 0.6 is 31.9 Å². The van der Waals surface area contributed by atoms with Crippen LogP contribution in [0.25, 0.3) is 0 Å². The fourth-order valence-electron chi connectivity index (χ4n) is 2.02. The first-order valence-electron chi connectivity index (χ1n) is 6.73. The van der Waals surface area contributed by atoms with Gasteiger partial charge in [0.1, 0.15) is 5.75 Å². The third-order valence-corrected chi connectivity index (χ3v) is 6.12. The zero-order chi connectivity index (χ0) is 15.7. The van der Waals surface area contributed by atoms with Gasteiger partial charge in [-0.15, -0.1) is 0 Å². The summed E-state index contributed by atoms with van der Waals surface area (Å²) in [5.74, 6) is 0.711. The van der Waals surface area contributed by atoms with E-state index in [1.807, 2.05) is 38.1 Å². The Bertz CT molecular complexity index is 570. The lowest BCUT2D eigenvalue weighted by atomic mass is 10.1. The van der Waals surface area contributed by atoms with Crippen LogP contribution in [0.1, 0.15) is 32.3 Å². The minimum Gasteiger partial charge on any atom is -0.497 e. The van der Waals surface area contributed by atoms with Crippen LogP contribution in [0.3, 0.4) is 0 Å². The number of rotatable bonds is 5. The molecule has 1 fully saturated rings. The van der Waals surface area contributed by atoms with Crippen molar-refractivity contribution in [2.24, 2.45) is 10.5 Å². The van der Waals surface area contributed by atoms with Gasteiger partial charge in [-0.3, -0.25) is 4.79 Å². The number of hydrogen-bond acceptors (Lipinski definition) is 3. The average molecular weight is 418 g/mol. The summed E-state index contributed by atoms with van der Waals surface area (Å²) in [7, 11) is 1.63. The maximum atomic E-state index is 12.2. The normalized spacial score (nSPS) is 23.6. The lowest BCUT2D eigenvalue weighted by Crippen LogP contribution is -2.30. The van der Waals surface area contributed by atoms with Crippen LogP contribution in [0.5, 0.6) is 5.75 Å². The summed E-state index contributed by atoms with van der Waals surface area (Å²) in [6, 6.07) is 7.63. The molecule has 0 heterocycles. The molecule has 0 saturated heterocycles. The fraction of sp³-hybridized carbons (Fsp3) is 0.467. The van der Waals surface area contributed by atoms with Crippen molar-refractivity contribution in [2.45, 2.75) is 29.9 Å². The standard InChI is InChI=1S/C15H18Br2N2O2/c1-4-12(10-5-7-11(21-3)8-6-10)18-19-13(20)14(2)9-15(14,16)17/h5-8H,4,9H2,1-3H3,(H,19,20). The SMILES string of the molecule is CCC(=NNC(=O)C1(C)CC1(Br)Br)c1ccc(OC)cc1. The quantitative estimate of drug-likeness (QED) is 0.449. The van der Waals surface area contributed by atoms with E-state index in [0.717, 1.165) is 29.9 Å². The first-order chi connectivity index (χ1) is 9.84. The Balaban J connectivity index is 2.08. The van der Waals surface area contributed by atoms with Gasteiger partial charge in [-0.1, -0.05) is 38.8 Å². The summed E-state index contributed by atoms with van der Waals surface area (Å²) in [5, 5.41) is 4.27. The highest BCUT2D eigenvalue weighted by Gasteiger charge is 2.66. The van der Waals surface area contributed by atoms with Crippen molar-refractivity contribution in [1.29, 1.82) is 0 Å². The summed E-state index contributed by atoms with van der Waals surface area (Å²) in [6.45, 7) is 3.91. The molecule has 1 N–H and O–H groups in total. The van der Waals surface area contributed by atoms with E-state index < -0.39 is 5.41 Å². The Labute approximate surface area is 141 Å². The molecular weight excluding hydrogens is 400 g/mol. The van der Waals surface area contributed by atoms with Gasteiger partial charge < -0.3 is 4.74 Å². The minimum absolute atomic E-state index is 0.0873. The van der Waals surface area contributed by atoms with Crippen LogP contribution in [0.15, 0.2) is 29.4 Å². The van der Waals surface area contributed by atoms with Crippen LogP contribution in [0, 0.1) is 5.41 Å². The van der Waals surface area contributed by atoms with E-state index in [4.69, 9.17) is 4.74 Å². The molecule has 0 bridgehead atoms. The van der Waals surface area contributed by atoms with E-state index in [9.17, 15) is 4.79 Å². The first kappa shape index (κ1) is 16.5. The number of carbonyl (C=O) groups excluding carboxylic acids is 1. The van der Waals surface area contributed by atoms with E-state index in [1.165, 1.54) is 0 Å². The largest absolute Gasteiger partial charge is 0.497 e. The molecule has 114 valence electrons. The summed E-state index contributed by atoms with van der Waals surface area (Å²) in [6.07, 6.45) is 1.47. The minimum atomic E-state index is -0.463. The number of nitrogens with zero attached hydrogens (tertiary/aromatic N) is 1. The molecule has 2 rings (SSSR count). The number of ether oxygens (including phenoxy) is 1. The Morgan fingerprint density at radius 2 is 1.95 bits per heavy atom. The molecule has 21 heavy (non-hydrogen) atoms. The van der Waals surface area contributed by atoms with Gasteiger partial charge >= 0.3 is 0 Å². The molecule has 1 aliphatic carbocycles. The van der Waals surface area contributed by atoms with Crippen molar-refractivity contribution in [3.8, 4) is 5.75 Å². The van der Waals surface area contributed by atoms with Gasteiger partial charge in [-0.2, -0.15) is 5.10 Å². The van der Waals surface area contributed by atoms with E-state index in [0.29, 0.717) is 0 Å². The van der Waals surface area contributed by atoms with Crippen molar-refractivity contribution in [1.82, 2.24) is 5.43 Å². The van der Waals surface area contributed by atoms with Crippen LogP contribution in [0.4, 0.5) is 0 Å². The monoisotopic (exact) mass is 416 g/mol. The highest BCUT2D eigenvalue weighted by Crippen LogP contribution is 2.66. The number of alkyl halides is 2. The number of methoxy groups -OCH3 is 1. The number of amides is 1. The molecule has 0 aliphatic heterocycles. The van der Waals surface area contributed by atoms with Gasteiger partial charge in [-0.05, 0) is 49.6 Å². The zero-order valence-electron chi connectivity index (χ0n) is 12.2. The van der Waals surface area contributed by atoms with E-state index in [2.05, 4.69) is 42.4 Å². The molecule has 1 unspecified atom stereocenters. The van der Waals surface area contributed by atoms with Crippen molar-refractivity contribution >= 4 is 43.5 Å². The number of hydrogen-bond donors (Lipinski definition) is 1. The number of benzene rings is 1. The van der Waals surface area contributed by atoms with Gasteiger partial charge in [-0.25, -0.2) is 5.43 Å². The van der Waals surface area contributed by atoms with Crippen molar-refractivity contribution < 1.29 is 9.53 Å². The number of hydrazone groups is 1. The van der Waals surface area contributed by atoms with Gasteiger partial charge in [0.15, 0.2) is 0 Å². The van der Waals surface area contributed by atoms with Crippen LogP contribution in [-0.4, -0.2) is 22.0 Å². The summed E-state index contributed by atoms with van der Waals surface area (Å²) >= 11 is 6.98. The van der Waals surface area contributed by atoms with E-state index >= 15 is 0 Å².